The Balaban J connectivity index is 1.58. The van der Waals surface area contributed by atoms with Crippen molar-refractivity contribution in [3.63, 3.8) is 0 Å². The van der Waals surface area contributed by atoms with Crippen molar-refractivity contribution >= 4 is 22.8 Å². The third kappa shape index (κ3) is 3.35. The summed E-state index contributed by atoms with van der Waals surface area (Å²) in [6.45, 7) is 0. The van der Waals surface area contributed by atoms with Crippen LogP contribution in [0.15, 0.2) is 89.7 Å². The molecule has 0 saturated carbocycles. The molecule has 5 rings (SSSR count). The van der Waals surface area contributed by atoms with Crippen molar-refractivity contribution in [2.75, 3.05) is 0 Å². The molecule has 0 unspecified atom stereocenters. The lowest BCUT2D eigenvalue weighted by molar-refractivity contribution is 0.104. The maximum atomic E-state index is 12.5. The van der Waals surface area contributed by atoms with Crippen LogP contribution in [0, 0.1) is 0 Å². The highest BCUT2D eigenvalue weighted by atomic mass is 16.3. The molecule has 146 valence electrons. The molecule has 0 aliphatic rings. The zero-order valence-electron chi connectivity index (χ0n) is 16.3. The highest BCUT2D eigenvalue weighted by Gasteiger charge is 2.15. The van der Waals surface area contributed by atoms with Gasteiger partial charge in [0.25, 0.3) is 0 Å². The molecule has 0 aliphatic carbocycles. The van der Waals surface area contributed by atoms with Gasteiger partial charge in [0.2, 0.25) is 0 Å². The summed E-state index contributed by atoms with van der Waals surface area (Å²) < 4.78 is 9.42. The van der Waals surface area contributed by atoms with Crippen molar-refractivity contribution in [3.8, 4) is 17.1 Å². The third-order valence-corrected chi connectivity index (χ3v) is 4.83. The zero-order valence-corrected chi connectivity index (χ0v) is 16.3. The molecule has 0 N–H and O–H groups in total. The van der Waals surface area contributed by atoms with Gasteiger partial charge in [-0.25, -0.2) is 4.68 Å². The number of fused-ring (bicyclic) bond motifs is 1. The number of furan rings is 1. The fourth-order valence-corrected chi connectivity index (χ4v) is 3.32. The molecule has 6 heteroatoms. The van der Waals surface area contributed by atoms with Gasteiger partial charge in [0.15, 0.2) is 11.5 Å². The summed E-state index contributed by atoms with van der Waals surface area (Å²) in [5, 5.41) is 9.80. The van der Waals surface area contributed by atoms with Crippen LogP contribution in [-0.4, -0.2) is 25.3 Å². The maximum absolute atomic E-state index is 12.5. The summed E-state index contributed by atoms with van der Waals surface area (Å²) in [4.78, 5) is 12.5. The Morgan fingerprint density at radius 1 is 1.03 bits per heavy atom. The van der Waals surface area contributed by atoms with E-state index in [2.05, 4.69) is 5.10 Å². The van der Waals surface area contributed by atoms with E-state index in [4.69, 9.17) is 9.52 Å². The number of carbonyl (C=O) groups excluding carboxylic acids is 1. The topological polar surface area (TPSA) is 65.8 Å². The van der Waals surface area contributed by atoms with Crippen LogP contribution in [0.2, 0.25) is 0 Å². The number of nitrogens with zero attached hydrogens (tertiary/aromatic N) is 4. The van der Waals surface area contributed by atoms with Crippen molar-refractivity contribution in [1.29, 1.82) is 0 Å². The minimum Gasteiger partial charge on any atom is -0.454 e. The average molecular weight is 394 g/mol. The second-order valence-corrected chi connectivity index (χ2v) is 6.96. The molecule has 0 fully saturated rings. The van der Waals surface area contributed by atoms with Crippen LogP contribution in [-0.2, 0) is 7.05 Å². The van der Waals surface area contributed by atoms with Crippen LogP contribution in [0.1, 0.15) is 15.9 Å². The third-order valence-electron chi connectivity index (χ3n) is 4.83. The van der Waals surface area contributed by atoms with Gasteiger partial charge in [0.05, 0.1) is 17.4 Å². The Labute approximate surface area is 172 Å². The van der Waals surface area contributed by atoms with Gasteiger partial charge >= 0.3 is 0 Å². The predicted molar refractivity (Wildman–Crippen MR) is 115 cm³/mol. The second kappa shape index (κ2) is 7.33. The summed E-state index contributed by atoms with van der Waals surface area (Å²) >= 11 is 0. The molecule has 5 aromatic rings. The van der Waals surface area contributed by atoms with E-state index in [1.54, 1.807) is 34.9 Å². The molecule has 6 nitrogen and oxygen atoms in total. The molecule has 0 bridgehead atoms. The standard InChI is InChI=1S/C24H18N4O2/c1-27-15-19(14-25-27)21(29)12-11-18-16-28(20-8-3-2-4-9-20)26-24(18)23-13-17-7-5-6-10-22(17)30-23/h2-16H,1H3/b12-11+. The SMILES string of the molecule is Cn1cc(C(=O)/C=C/c2cn(-c3ccccc3)nc2-c2cc3ccccc3o2)cn1. The number of benzene rings is 2. The molecule has 2 aromatic carbocycles. The van der Waals surface area contributed by atoms with Crippen molar-refractivity contribution in [2.24, 2.45) is 7.05 Å². The number of rotatable bonds is 5. The van der Waals surface area contributed by atoms with Gasteiger partial charge in [-0.15, -0.1) is 0 Å². The first-order valence-electron chi connectivity index (χ1n) is 9.52. The first-order chi connectivity index (χ1) is 14.7. The highest BCUT2D eigenvalue weighted by Crippen LogP contribution is 2.30. The number of allylic oxidation sites excluding steroid dienone is 1. The van der Waals surface area contributed by atoms with Gasteiger partial charge in [-0.05, 0) is 36.4 Å². The lowest BCUT2D eigenvalue weighted by atomic mass is 10.1. The molecule has 0 aliphatic heterocycles. The van der Waals surface area contributed by atoms with E-state index in [1.165, 1.54) is 6.08 Å². The van der Waals surface area contributed by atoms with Crippen molar-refractivity contribution in [3.05, 3.63) is 96.5 Å². The van der Waals surface area contributed by atoms with E-state index in [0.29, 0.717) is 17.0 Å². The first kappa shape index (κ1) is 17.9. The summed E-state index contributed by atoms with van der Waals surface area (Å²) in [5.74, 6) is 0.533. The summed E-state index contributed by atoms with van der Waals surface area (Å²) in [6.07, 6.45) is 8.45. The second-order valence-electron chi connectivity index (χ2n) is 6.96. The molecule has 3 aromatic heterocycles. The van der Waals surface area contributed by atoms with E-state index >= 15 is 0 Å². The van der Waals surface area contributed by atoms with E-state index in [9.17, 15) is 4.79 Å². The molecule has 30 heavy (non-hydrogen) atoms. The molecule has 3 heterocycles. The number of para-hydroxylation sites is 2. The van der Waals surface area contributed by atoms with Crippen LogP contribution in [0.5, 0.6) is 0 Å². The van der Waals surface area contributed by atoms with E-state index in [0.717, 1.165) is 22.2 Å². The van der Waals surface area contributed by atoms with Gasteiger partial charge in [-0.2, -0.15) is 10.2 Å². The zero-order chi connectivity index (χ0) is 20.5. The number of aromatic nitrogens is 4. The van der Waals surface area contributed by atoms with Crippen LogP contribution >= 0.6 is 0 Å². The molecular formula is C24H18N4O2. The Bertz CT molecular complexity index is 1340. The Morgan fingerprint density at radius 3 is 2.60 bits per heavy atom. The maximum Gasteiger partial charge on any atom is 0.189 e. The summed E-state index contributed by atoms with van der Waals surface area (Å²) in [7, 11) is 1.78. The number of carbonyl (C=O) groups is 1. The Hall–Kier alpha value is -4.19. The highest BCUT2D eigenvalue weighted by molar-refractivity contribution is 6.06. The van der Waals surface area contributed by atoms with Gasteiger partial charge in [-0.3, -0.25) is 9.48 Å². The van der Waals surface area contributed by atoms with E-state index in [-0.39, 0.29) is 5.78 Å². The lowest BCUT2D eigenvalue weighted by Crippen LogP contribution is -1.93. The minimum atomic E-state index is -0.119. The first-order valence-corrected chi connectivity index (χ1v) is 9.52. The molecule has 0 atom stereocenters. The fourth-order valence-electron chi connectivity index (χ4n) is 3.32. The number of ketones is 1. The molecule has 0 radical (unpaired) electrons. The van der Waals surface area contributed by atoms with Crippen molar-refractivity contribution in [2.45, 2.75) is 0 Å². The van der Waals surface area contributed by atoms with Crippen LogP contribution < -0.4 is 0 Å². The van der Waals surface area contributed by atoms with E-state index in [1.807, 2.05) is 66.9 Å². The lowest BCUT2D eigenvalue weighted by Gasteiger charge is -1.98. The fraction of sp³-hybridized carbons (Fsp3) is 0.0417. The van der Waals surface area contributed by atoms with Crippen molar-refractivity contribution in [1.82, 2.24) is 19.6 Å². The van der Waals surface area contributed by atoms with Gasteiger partial charge in [0.1, 0.15) is 11.3 Å². The van der Waals surface area contributed by atoms with Gasteiger partial charge in [-0.1, -0.05) is 36.4 Å². The van der Waals surface area contributed by atoms with Crippen molar-refractivity contribution < 1.29 is 9.21 Å². The Kier molecular flexibility index (Phi) is 4.37. The summed E-state index contributed by atoms with van der Waals surface area (Å²) in [6, 6.07) is 19.6. The van der Waals surface area contributed by atoms with Crippen LogP contribution in [0.4, 0.5) is 0 Å². The molecular weight excluding hydrogens is 376 g/mol. The number of hydrogen-bond donors (Lipinski definition) is 0. The van der Waals surface area contributed by atoms with Gasteiger partial charge < -0.3 is 4.42 Å². The quantitative estimate of drug-likeness (QED) is 0.314. The largest absolute Gasteiger partial charge is 0.454 e. The molecule has 0 amide bonds. The van der Waals surface area contributed by atoms with Gasteiger partial charge in [0, 0.05) is 30.4 Å². The smallest absolute Gasteiger partial charge is 0.189 e. The van der Waals surface area contributed by atoms with Crippen LogP contribution in [0.3, 0.4) is 0 Å². The minimum absolute atomic E-state index is 0.119. The number of hydrogen-bond acceptors (Lipinski definition) is 4. The molecule has 0 saturated heterocycles. The summed E-state index contributed by atoms with van der Waals surface area (Å²) in [5.41, 5.74) is 3.71. The normalized spacial score (nSPS) is 11.5. The molecule has 0 spiro atoms. The number of aryl methyl sites for hydroxylation is 1. The monoisotopic (exact) mass is 394 g/mol. The predicted octanol–water partition coefficient (Wildman–Crippen LogP) is 4.92. The Morgan fingerprint density at radius 2 is 1.83 bits per heavy atom. The van der Waals surface area contributed by atoms with Crippen LogP contribution in [0.25, 0.3) is 34.2 Å². The average Bonchev–Trinajstić information content (AvgIpc) is 3.50. The van der Waals surface area contributed by atoms with E-state index < -0.39 is 0 Å².